The maximum Gasteiger partial charge on any atom is 0.416 e. The van der Waals surface area contributed by atoms with Gasteiger partial charge in [-0.2, -0.15) is 18.3 Å². The zero-order chi connectivity index (χ0) is 24.3. The first-order valence-electron chi connectivity index (χ1n) is 11.9. The van der Waals surface area contributed by atoms with Crippen molar-refractivity contribution in [1.82, 2.24) is 20.1 Å². The number of carbonyl (C=O) groups is 1. The van der Waals surface area contributed by atoms with Gasteiger partial charge in [0.1, 0.15) is 0 Å². The first kappa shape index (κ1) is 24.0. The quantitative estimate of drug-likeness (QED) is 0.435. The molecule has 0 saturated heterocycles. The number of hydrogen-bond donors (Lipinski definition) is 2. The molecule has 3 aromatic rings. The molecule has 0 spiro atoms. The molecule has 6 nitrogen and oxygen atoms in total. The minimum Gasteiger partial charge on any atom is -0.381 e. The number of anilines is 1. The van der Waals surface area contributed by atoms with E-state index in [1.165, 1.54) is 18.6 Å². The standard InChI is InChI=1S/C25H30F3N5O/c1-3-21(16-10-12-17(13-11-16)25(26,27)28)32-24(34)20-14-29-23-19(15-30-33(23)4-2)22(20)31-18-8-6-5-7-9-18/h10-15,18,21H,3-9H2,1-2H3,(H,29,31)(H,32,34). The minimum atomic E-state index is -4.40. The van der Waals surface area contributed by atoms with Gasteiger partial charge in [0.05, 0.1) is 34.4 Å². The number of pyridine rings is 1. The van der Waals surface area contributed by atoms with E-state index in [0.29, 0.717) is 29.7 Å². The second-order valence-corrected chi connectivity index (χ2v) is 8.78. The molecular weight excluding hydrogens is 443 g/mol. The molecule has 2 heterocycles. The van der Waals surface area contributed by atoms with Gasteiger partial charge in [0.25, 0.3) is 5.91 Å². The fraction of sp³-hybridized carbons (Fsp3) is 0.480. The fourth-order valence-electron chi connectivity index (χ4n) is 4.60. The third kappa shape index (κ3) is 5.03. The van der Waals surface area contributed by atoms with E-state index >= 15 is 0 Å². The van der Waals surface area contributed by atoms with Crippen molar-refractivity contribution in [3.8, 4) is 0 Å². The summed E-state index contributed by atoms with van der Waals surface area (Å²) in [5.41, 5.74) is 1.76. The third-order valence-electron chi connectivity index (χ3n) is 6.52. The number of rotatable bonds is 7. The van der Waals surface area contributed by atoms with Gasteiger partial charge in [-0.05, 0) is 43.9 Å². The molecule has 34 heavy (non-hydrogen) atoms. The van der Waals surface area contributed by atoms with Gasteiger partial charge in [-0.1, -0.05) is 38.3 Å². The van der Waals surface area contributed by atoms with Crippen LogP contribution in [0, 0.1) is 0 Å². The van der Waals surface area contributed by atoms with Crippen LogP contribution in [0.25, 0.3) is 11.0 Å². The second kappa shape index (κ2) is 10.0. The molecule has 182 valence electrons. The lowest BCUT2D eigenvalue weighted by atomic mass is 9.95. The Morgan fingerprint density at radius 1 is 1.12 bits per heavy atom. The largest absolute Gasteiger partial charge is 0.416 e. The summed E-state index contributed by atoms with van der Waals surface area (Å²) < 4.78 is 40.6. The van der Waals surface area contributed by atoms with Crippen LogP contribution < -0.4 is 10.6 Å². The Morgan fingerprint density at radius 3 is 2.44 bits per heavy atom. The number of nitrogens with zero attached hydrogens (tertiary/aromatic N) is 3. The van der Waals surface area contributed by atoms with Crippen LogP contribution in [0.4, 0.5) is 18.9 Å². The Balaban J connectivity index is 1.63. The number of carbonyl (C=O) groups excluding carboxylic acids is 1. The van der Waals surface area contributed by atoms with Crippen LogP contribution in [0.2, 0.25) is 0 Å². The van der Waals surface area contributed by atoms with Crippen molar-refractivity contribution in [3.05, 3.63) is 53.3 Å². The van der Waals surface area contributed by atoms with E-state index in [1.807, 2.05) is 13.8 Å². The van der Waals surface area contributed by atoms with Crippen molar-refractivity contribution in [2.45, 2.75) is 77.2 Å². The highest BCUT2D eigenvalue weighted by atomic mass is 19.4. The highest BCUT2D eigenvalue weighted by molar-refractivity contribution is 6.06. The number of alkyl halides is 3. The van der Waals surface area contributed by atoms with Crippen LogP contribution in [-0.2, 0) is 12.7 Å². The van der Waals surface area contributed by atoms with Gasteiger partial charge in [0, 0.05) is 18.8 Å². The van der Waals surface area contributed by atoms with Crippen LogP contribution in [0.5, 0.6) is 0 Å². The summed E-state index contributed by atoms with van der Waals surface area (Å²) in [6.45, 7) is 4.53. The van der Waals surface area contributed by atoms with E-state index < -0.39 is 17.8 Å². The number of benzene rings is 1. The molecule has 1 saturated carbocycles. The lowest BCUT2D eigenvalue weighted by Crippen LogP contribution is -2.30. The Hall–Kier alpha value is -3.10. The first-order chi connectivity index (χ1) is 16.3. The van der Waals surface area contributed by atoms with E-state index in [9.17, 15) is 18.0 Å². The van der Waals surface area contributed by atoms with E-state index in [-0.39, 0.29) is 11.9 Å². The molecule has 0 bridgehead atoms. The molecule has 2 aromatic heterocycles. The van der Waals surface area contributed by atoms with Crippen LogP contribution in [0.3, 0.4) is 0 Å². The van der Waals surface area contributed by atoms with Crippen molar-refractivity contribution in [3.63, 3.8) is 0 Å². The van der Waals surface area contributed by atoms with Gasteiger partial charge >= 0.3 is 6.18 Å². The summed E-state index contributed by atoms with van der Waals surface area (Å²) in [5, 5.41) is 11.8. The molecule has 1 amide bonds. The molecule has 1 atom stereocenters. The monoisotopic (exact) mass is 473 g/mol. The number of aryl methyl sites for hydroxylation is 1. The van der Waals surface area contributed by atoms with Crippen LogP contribution in [-0.4, -0.2) is 26.7 Å². The highest BCUT2D eigenvalue weighted by Gasteiger charge is 2.30. The van der Waals surface area contributed by atoms with Gasteiger partial charge in [-0.3, -0.25) is 4.79 Å². The molecule has 1 aliphatic carbocycles. The second-order valence-electron chi connectivity index (χ2n) is 8.78. The van der Waals surface area contributed by atoms with Crippen molar-refractivity contribution < 1.29 is 18.0 Å². The highest BCUT2D eigenvalue weighted by Crippen LogP contribution is 2.32. The average Bonchev–Trinajstić information content (AvgIpc) is 3.26. The van der Waals surface area contributed by atoms with Crippen LogP contribution in [0.1, 0.15) is 79.9 Å². The predicted molar refractivity (Wildman–Crippen MR) is 126 cm³/mol. The molecule has 1 unspecified atom stereocenters. The van der Waals surface area contributed by atoms with Gasteiger partial charge < -0.3 is 10.6 Å². The van der Waals surface area contributed by atoms with Crippen molar-refractivity contribution >= 4 is 22.6 Å². The lowest BCUT2D eigenvalue weighted by Gasteiger charge is -2.26. The molecule has 0 aliphatic heterocycles. The Bertz CT molecular complexity index is 1130. The molecule has 4 rings (SSSR count). The van der Waals surface area contributed by atoms with Crippen LogP contribution in [0.15, 0.2) is 36.7 Å². The van der Waals surface area contributed by atoms with Gasteiger partial charge in [-0.25, -0.2) is 9.67 Å². The molecule has 2 N–H and O–H groups in total. The average molecular weight is 474 g/mol. The van der Waals surface area contributed by atoms with E-state index in [1.54, 1.807) is 17.1 Å². The van der Waals surface area contributed by atoms with E-state index in [2.05, 4.69) is 20.7 Å². The van der Waals surface area contributed by atoms with Gasteiger partial charge in [0.2, 0.25) is 0 Å². The zero-order valence-electron chi connectivity index (χ0n) is 19.5. The van der Waals surface area contributed by atoms with Crippen LogP contribution >= 0.6 is 0 Å². The minimum absolute atomic E-state index is 0.271. The first-order valence-corrected chi connectivity index (χ1v) is 11.9. The summed E-state index contributed by atoms with van der Waals surface area (Å²) >= 11 is 0. The summed E-state index contributed by atoms with van der Waals surface area (Å²) in [6.07, 6.45) is 5.03. The maximum absolute atomic E-state index is 13.4. The summed E-state index contributed by atoms with van der Waals surface area (Å²) in [6, 6.07) is 4.79. The molecule has 1 aromatic carbocycles. The maximum atomic E-state index is 13.4. The van der Waals surface area contributed by atoms with Gasteiger partial charge in [0.15, 0.2) is 5.65 Å². The topological polar surface area (TPSA) is 71.8 Å². The number of halogens is 3. The smallest absolute Gasteiger partial charge is 0.381 e. The van der Waals surface area contributed by atoms with Crippen molar-refractivity contribution in [2.24, 2.45) is 0 Å². The number of nitrogens with one attached hydrogen (secondary N) is 2. The number of hydrogen-bond acceptors (Lipinski definition) is 4. The van der Waals surface area contributed by atoms with E-state index in [0.717, 1.165) is 48.9 Å². The summed E-state index contributed by atoms with van der Waals surface area (Å²) in [5.74, 6) is -0.316. The number of amides is 1. The molecule has 1 fully saturated rings. The number of fused-ring (bicyclic) bond motifs is 1. The van der Waals surface area contributed by atoms with Crippen molar-refractivity contribution in [2.75, 3.05) is 5.32 Å². The Labute approximate surface area is 196 Å². The normalized spacial score (nSPS) is 15.9. The zero-order valence-corrected chi connectivity index (χ0v) is 19.5. The number of aromatic nitrogens is 3. The summed E-state index contributed by atoms with van der Waals surface area (Å²) in [4.78, 5) is 17.9. The van der Waals surface area contributed by atoms with Gasteiger partial charge in [-0.15, -0.1) is 0 Å². The Kier molecular flexibility index (Phi) is 7.09. The third-order valence-corrected chi connectivity index (χ3v) is 6.52. The fourth-order valence-corrected chi connectivity index (χ4v) is 4.60. The van der Waals surface area contributed by atoms with Crippen molar-refractivity contribution in [1.29, 1.82) is 0 Å². The molecule has 0 radical (unpaired) electrons. The SMILES string of the molecule is CCC(NC(=O)c1cnc2c(cnn2CC)c1NC1CCCCC1)c1ccc(C(F)(F)F)cc1. The molecule has 1 aliphatic rings. The van der Waals surface area contributed by atoms with E-state index in [4.69, 9.17) is 0 Å². The molecular formula is C25H30F3N5O. The lowest BCUT2D eigenvalue weighted by molar-refractivity contribution is -0.137. The summed E-state index contributed by atoms with van der Waals surface area (Å²) in [7, 11) is 0. The predicted octanol–water partition coefficient (Wildman–Crippen LogP) is 6.10. The molecule has 9 heteroatoms. The Morgan fingerprint density at radius 2 is 1.82 bits per heavy atom.